The van der Waals surface area contributed by atoms with Crippen molar-refractivity contribution in [2.24, 2.45) is 17.3 Å². The van der Waals surface area contributed by atoms with Gasteiger partial charge in [0.1, 0.15) is 11.5 Å². The van der Waals surface area contributed by atoms with Crippen molar-refractivity contribution >= 4 is 5.97 Å². The number of methoxy groups -OCH3 is 2. The van der Waals surface area contributed by atoms with Crippen LogP contribution in [0.3, 0.4) is 0 Å². The molecule has 198 valence electrons. The molecule has 0 heterocycles. The summed E-state index contributed by atoms with van der Waals surface area (Å²) in [5.74, 6) is 2.14. The maximum absolute atomic E-state index is 11.4. The Balaban J connectivity index is 1.85. The highest BCUT2D eigenvalue weighted by molar-refractivity contribution is 5.71. The molecule has 0 aliphatic heterocycles. The van der Waals surface area contributed by atoms with Gasteiger partial charge < -0.3 is 23.8 Å². The normalized spacial score (nSPS) is 17.0. The van der Waals surface area contributed by atoms with Crippen LogP contribution in [0.25, 0.3) is 0 Å². The maximum Gasteiger partial charge on any atom is 0.344 e. The van der Waals surface area contributed by atoms with Crippen LogP contribution in [0.2, 0.25) is 0 Å². The van der Waals surface area contributed by atoms with E-state index >= 15 is 0 Å². The number of carbonyl (C=O) groups is 1. The van der Waals surface area contributed by atoms with Crippen LogP contribution in [0.15, 0.2) is 47.9 Å². The topological polar surface area (TPSA) is 81.0 Å². The zero-order valence-corrected chi connectivity index (χ0v) is 22.7. The van der Waals surface area contributed by atoms with Gasteiger partial charge in [0, 0.05) is 18.9 Å². The standard InChI is InChI=1S/C29H42N2O5/c1-7-35-28(32)20-36-25-12-9-23(10-13-25)15-18-31(4)17-8-16-29(21-30,22(2)3)24-11-14-26(33-5)27(19-24)34-6/h9-14,22,24H,7-8,15-20H2,1-6H3. The van der Waals surface area contributed by atoms with Gasteiger partial charge in [-0.3, -0.25) is 0 Å². The molecule has 36 heavy (non-hydrogen) atoms. The number of benzene rings is 1. The number of nitriles is 1. The molecule has 2 unspecified atom stereocenters. The second-order valence-electron chi connectivity index (χ2n) is 9.57. The molecule has 0 bridgehead atoms. The predicted molar refractivity (Wildman–Crippen MR) is 140 cm³/mol. The zero-order valence-electron chi connectivity index (χ0n) is 22.7. The SMILES string of the molecule is CCOC(=O)COc1ccc(CCN(C)CCCC(C#N)(C(C)C)C2C=CC(OC)=C(OC)C2)cc1. The van der Waals surface area contributed by atoms with Crippen LogP contribution in [-0.4, -0.2) is 58.4 Å². The Bertz CT molecular complexity index is 932. The number of allylic oxidation sites excluding steroid dienone is 3. The second-order valence-corrected chi connectivity index (χ2v) is 9.57. The van der Waals surface area contributed by atoms with E-state index in [0.29, 0.717) is 18.8 Å². The van der Waals surface area contributed by atoms with Crippen molar-refractivity contribution in [1.82, 2.24) is 4.90 Å². The highest BCUT2D eigenvalue weighted by Gasteiger charge is 2.42. The Hall–Kier alpha value is -2.98. The molecular formula is C29H42N2O5. The van der Waals surface area contributed by atoms with Crippen molar-refractivity contribution in [3.8, 4) is 11.8 Å². The molecule has 7 heteroatoms. The summed E-state index contributed by atoms with van der Waals surface area (Å²) in [6.07, 6.45) is 7.42. The van der Waals surface area contributed by atoms with Crippen LogP contribution in [0.4, 0.5) is 0 Å². The van der Waals surface area contributed by atoms with E-state index in [0.717, 1.165) is 43.9 Å². The lowest BCUT2D eigenvalue weighted by atomic mass is 9.64. The lowest BCUT2D eigenvalue weighted by Crippen LogP contribution is -2.36. The molecular weight excluding hydrogens is 456 g/mol. The minimum atomic E-state index is -0.459. The summed E-state index contributed by atoms with van der Waals surface area (Å²) >= 11 is 0. The van der Waals surface area contributed by atoms with Gasteiger partial charge in [0.25, 0.3) is 0 Å². The van der Waals surface area contributed by atoms with Gasteiger partial charge in [-0.05, 0) is 69.5 Å². The number of carbonyl (C=O) groups excluding carboxylic acids is 1. The molecule has 2 rings (SSSR count). The fraction of sp³-hybridized carbons (Fsp3) is 0.586. The lowest BCUT2D eigenvalue weighted by molar-refractivity contribution is -0.145. The van der Waals surface area contributed by atoms with Gasteiger partial charge in [0.05, 0.1) is 32.3 Å². The highest BCUT2D eigenvalue weighted by atomic mass is 16.6. The first-order valence-electron chi connectivity index (χ1n) is 12.8. The third-order valence-electron chi connectivity index (χ3n) is 7.02. The predicted octanol–water partition coefficient (Wildman–Crippen LogP) is 5.13. The van der Waals surface area contributed by atoms with Gasteiger partial charge in [-0.15, -0.1) is 0 Å². The number of hydrogen-bond acceptors (Lipinski definition) is 7. The molecule has 0 N–H and O–H groups in total. The molecule has 1 aliphatic carbocycles. The largest absolute Gasteiger partial charge is 0.497 e. The van der Waals surface area contributed by atoms with Crippen molar-refractivity contribution in [3.05, 3.63) is 53.5 Å². The number of hydrogen-bond donors (Lipinski definition) is 0. The number of ether oxygens (including phenoxy) is 4. The summed E-state index contributed by atoms with van der Waals surface area (Å²) in [5.41, 5.74) is 0.749. The Morgan fingerprint density at radius 3 is 2.50 bits per heavy atom. The van der Waals surface area contributed by atoms with Gasteiger partial charge in [-0.1, -0.05) is 32.1 Å². The van der Waals surface area contributed by atoms with Gasteiger partial charge >= 0.3 is 5.97 Å². The quantitative estimate of drug-likeness (QED) is 0.310. The summed E-state index contributed by atoms with van der Waals surface area (Å²) in [5, 5.41) is 10.3. The van der Waals surface area contributed by atoms with Gasteiger partial charge in [-0.2, -0.15) is 5.26 Å². The van der Waals surface area contributed by atoms with Gasteiger partial charge in [0.15, 0.2) is 12.4 Å². The van der Waals surface area contributed by atoms with E-state index < -0.39 is 5.41 Å². The summed E-state index contributed by atoms with van der Waals surface area (Å²) in [7, 11) is 5.42. The molecule has 0 aromatic heterocycles. The summed E-state index contributed by atoms with van der Waals surface area (Å²) in [6.45, 7) is 8.16. The fourth-order valence-corrected chi connectivity index (χ4v) is 4.73. The first kappa shape index (κ1) is 29.3. The molecule has 0 saturated heterocycles. The molecule has 0 fully saturated rings. The van der Waals surface area contributed by atoms with E-state index in [4.69, 9.17) is 18.9 Å². The molecule has 7 nitrogen and oxygen atoms in total. The van der Waals surface area contributed by atoms with Crippen LogP contribution >= 0.6 is 0 Å². The molecule has 0 saturated carbocycles. The molecule has 2 atom stereocenters. The van der Waals surface area contributed by atoms with E-state index in [9.17, 15) is 10.1 Å². The minimum absolute atomic E-state index is 0.0796. The summed E-state index contributed by atoms with van der Waals surface area (Å²) < 4.78 is 21.3. The third kappa shape index (κ3) is 8.03. The van der Waals surface area contributed by atoms with Crippen molar-refractivity contribution < 1.29 is 23.7 Å². The zero-order chi connectivity index (χ0) is 26.6. The number of esters is 1. The van der Waals surface area contributed by atoms with Crippen molar-refractivity contribution in [2.45, 2.75) is 46.5 Å². The van der Waals surface area contributed by atoms with Crippen LogP contribution in [0.5, 0.6) is 5.75 Å². The van der Waals surface area contributed by atoms with Crippen LogP contribution in [-0.2, 0) is 25.4 Å². The van der Waals surface area contributed by atoms with Crippen molar-refractivity contribution in [3.63, 3.8) is 0 Å². The number of rotatable bonds is 15. The summed E-state index contributed by atoms with van der Waals surface area (Å²) in [4.78, 5) is 13.7. The van der Waals surface area contributed by atoms with Crippen LogP contribution in [0, 0.1) is 28.6 Å². The molecule has 1 aromatic rings. The molecule has 1 aliphatic rings. The maximum atomic E-state index is 11.4. The molecule has 0 spiro atoms. The molecule has 0 amide bonds. The first-order valence-corrected chi connectivity index (χ1v) is 12.8. The van der Waals surface area contributed by atoms with Gasteiger partial charge in [-0.25, -0.2) is 4.79 Å². The highest BCUT2D eigenvalue weighted by Crippen LogP contribution is 2.45. The Kier molecular flexibility index (Phi) is 11.8. The molecule has 0 radical (unpaired) electrons. The Morgan fingerprint density at radius 1 is 1.19 bits per heavy atom. The van der Waals surface area contributed by atoms with E-state index in [2.05, 4.69) is 37.9 Å². The third-order valence-corrected chi connectivity index (χ3v) is 7.02. The van der Waals surface area contributed by atoms with Gasteiger partial charge in [0.2, 0.25) is 0 Å². The average molecular weight is 499 g/mol. The van der Waals surface area contributed by atoms with Crippen molar-refractivity contribution in [1.29, 1.82) is 5.26 Å². The summed E-state index contributed by atoms with van der Waals surface area (Å²) in [6, 6.07) is 10.5. The second kappa shape index (κ2) is 14.5. The average Bonchev–Trinajstić information content (AvgIpc) is 2.89. The van der Waals surface area contributed by atoms with E-state index in [1.165, 1.54) is 5.56 Å². The lowest BCUT2D eigenvalue weighted by Gasteiger charge is -2.39. The smallest absolute Gasteiger partial charge is 0.344 e. The number of likely N-dealkylation sites (N-methyl/N-ethyl adjacent to an activating group) is 1. The van der Waals surface area contributed by atoms with Crippen molar-refractivity contribution in [2.75, 3.05) is 47.6 Å². The first-order chi connectivity index (χ1) is 17.3. The Morgan fingerprint density at radius 2 is 1.92 bits per heavy atom. The number of nitrogens with zero attached hydrogens (tertiary/aromatic N) is 2. The van der Waals surface area contributed by atoms with E-state index in [-0.39, 0.29) is 24.4 Å². The van der Waals surface area contributed by atoms with Crippen LogP contribution in [0.1, 0.15) is 45.6 Å². The molecule has 1 aromatic carbocycles. The van der Waals surface area contributed by atoms with E-state index in [1.807, 2.05) is 30.3 Å². The monoisotopic (exact) mass is 498 g/mol. The Labute approximate surface area is 216 Å². The van der Waals surface area contributed by atoms with Crippen LogP contribution < -0.4 is 4.74 Å². The van der Waals surface area contributed by atoms with E-state index in [1.54, 1.807) is 21.1 Å². The fourth-order valence-electron chi connectivity index (χ4n) is 4.73. The minimum Gasteiger partial charge on any atom is -0.497 e.